The van der Waals surface area contributed by atoms with Gasteiger partial charge in [0.1, 0.15) is 0 Å². The molecule has 2 aliphatic rings. The Morgan fingerprint density at radius 2 is 0.703 bits per heavy atom. The van der Waals surface area contributed by atoms with Gasteiger partial charge in [-0.05, 0) is 155 Å². The van der Waals surface area contributed by atoms with E-state index in [-0.39, 0.29) is 0 Å². The smallest absolute Gasteiger partial charge is 0.0991 e. The largest absolute Gasteiger partial charge is 0.310 e. The lowest BCUT2D eigenvalue weighted by Crippen LogP contribution is -2.37. The van der Waals surface area contributed by atoms with Crippen molar-refractivity contribution in [2.75, 3.05) is 9.80 Å². The second-order valence-electron chi connectivity index (χ2n) is 20.6. The molecule has 0 aromatic heterocycles. The Labute approximate surface area is 381 Å². The van der Waals surface area contributed by atoms with Crippen molar-refractivity contribution in [3.63, 3.8) is 0 Å². The van der Waals surface area contributed by atoms with Crippen LogP contribution in [-0.2, 0) is 0 Å². The van der Waals surface area contributed by atoms with Crippen LogP contribution in [0.15, 0.2) is 133 Å². The van der Waals surface area contributed by atoms with Gasteiger partial charge in [0.05, 0.1) is 50.8 Å². The summed E-state index contributed by atoms with van der Waals surface area (Å²) in [7, 11) is -3.09. The third-order valence-corrected chi connectivity index (χ3v) is 18.6. The van der Waals surface area contributed by atoms with Gasteiger partial charge >= 0.3 is 0 Å². The van der Waals surface area contributed by atoms with E-state index in [1.165, 1.54) is 117 Å². The van der Waals surface area contributed by atoms with Crippen LogP contribution >= 0.6 is 0 Å². The summed E-state index contributed by atoms with van der Waals surface area (Å²) in [6, 6.07) is 54.5. The van der Waals surface area contributed by atoms with Gasteiger partial charge in [-0.15, -0.1) is 0 Å². The maximum atomic E-state index is 9.87. The van der Waals surface area contributed by atoms with Crippen molar-refractivity contribution in [1.82, 2.24) is 0 Å². The molecule has 2 fully saturated rings. The molecule has 0 spiro atoms. The zero-order chi connectivity index (χ0) is 44.3. The molecule has 2 aliphatic carbocycles. The highest BCUT2D eigenvalue weighted by Gasteiger charge is 2.30. The summed E-state index contributed by atoms with van der Waals surface area (Å²) in [5.41, 5.74) is 10.9. The van der Waals surface area contributed by atoms with Gasteiger partial charge in [-0.2, -0.15) is 10.5 Å². The van der Waals surface area contributed by atoms with Crippen LogP contribution in [0.25, 0.3) is 32.3 Å². The predicted molar refractivity (Wildman–Crippen MR) is 277 cm³/mol. The highest BCUT2D eigenvalue weighted by molar-refractivity contribution is 6.89. The van der Waals surface area contributed by atoms with Crippen molar-refractivity contribution < 1.29 is 0 Å². The van der Waals surface area contributed by atoms with Crippen LogP contribution in [0, 0.1) is 22.7 Å². The van der Waals surface area contributed by atoms with Crippen molar-refractivity contribution in [1.29, 1.82) is 10.5 Å². The van der Waals surface area contributed by atoms with E-state index in [9.17, 15) is 10.5 Å². The lowest BCUT2D eigenvalue weighted by Gasteiger charge is -2.32. The van der Waals surface area contributed by atoms with E-state index >= 15 is 0 Å². The fourth-order valence-corrected chi connectivity index (χ4v) is 13.3. The van der Waals surface area contributed by atoms with Crippen LogP contribution in [0.1, 0.15) is 85.5 Å². The molecule has 10 rings (SSSR count). The SMILES string of the molecule is C[Si](C)(C)c1ccc(N(c2ccc(C#N)cc2)c2cc(C3CCCC3)c3ccc4c(N(c5ccc(C#N)cc5)c5ccc([Si](C)(C)C)cc5)cc(C5CCCC5)c5ccc2c3c54)cc1. The molecular weight excluding hydrogens is 809 g/mol. The Balaban J connectivity index is 1.31. The van der Waals surface area contributed by atoms with Gasteiger partial charge in [0.2, 0.25) is 0 Å². The number of nitrogens with zero attached hydrogens (tertiary/aromatic N) is 4. The van der Waals surface area contributed by atoms with Crippen molar-refractivity contribution in [3.8, 4) is 12.1 Å². The second kappa shape index (κ2) is 16.4. The van der Waals surface area contributed by atoms with E-state index in [0.717, 1.165) is 22.7 Å². The van der Waals surface area contributed by atoms with Crippen molar-refractivity contribution in [2.24, 2.45) is 0 Å². The Morgan fingerprint density at radius 1 is 0.406 bits per heavy atom. The molecule has 4 nitrogen and oxygen atoms in total. The quantitative estimate of drug-likeness (QED) is 0.101. The molecule has 8 aromatic rings. The molecule has 0 N–H and O–H groups in total. The number of nitriles is 2. The minimum absolute atomic E-state index is 0.481. The fraction of sp³-hybridized carbons (Fsp3) is 0.276. The zero-order valence-electron chi connectivity index (χ0n) is 38.3. The molecule has 0 radical (unpaired) electrons. The lowest BCUT2D eigenvalue weighted by atomic mass is 9.82. The van der Waals surface area contributed by atoms with E-state index in [0.29, 0.717) is 23.0 Å². The van der Waals surface area contributed by atoms with Gasteiger partial charge in [-0.25, -0.2) is 0 Å². The molecule has 6 heteroatoms. The molecule has 0 bridgehead atoms. The van der Waals surface area contributed by atoms with E-state index in [1.807, 2.05) is 24.3 Å². The van der Waals surface area contributed by atoms with Crippen LogP contribution in [0.3, 0.4) is 0 Å². The average molecular weight is 867 g/mol. The summed E-state index contributed by atoms with van der Waals surface area (Å²) >= 11 is 0. The first-order valence-electron chi connectivity index (χ1n) is 23.5. The van der Waals surface area contributed by atoms with Gasteiger partial charge in [0.25, 0.3) is 0 Å². The Hall–Kier alpha value is -6.19. The molecule has 0 unspecified atom stereocenters. The Kier molecular flexibility index (Phi) is 10.7. The summed E-state index contributed by atoms with van der Waals surface area (Å²) in [6.07, 6.45) is 9.81. The standard InChI is InChI=1S/C58H58N4Si2/c1-63(2,3)47-27-23-45(24-28-47)61(43-19-15-39(37-59)16-20-43)55-35-53(41-11-7-8-12-41)49-32-34-52-56(36-54(42-13-9-10-14-42)50-31-33-51(55)57(49)58(50)52)62(44-21-17-40(38-60)18-22-44)46-25-29-48(30-26-46)64(4,5)6/h15-36,41-42H,7-14H2,1-6H3. The first kappa shape index (κ1) is 41.8. The maximum Gasteiger partial charge on any atom is 0.0991 e. The van der Waals surface area contributed by atoms with Crippen LogP contribution in [0.5, 0.6) is 0 Å². The van der Waals surface area contributed by atoms with Crippen LogP contribution < -0.4 is 20.2 Å². The van der Waals surface area contributed by atoms with Gasteiger partial charge < -0.3 is 9.80 Å². The predicted octanol–water partition coefficient (Wildman–Crippen LogP) is 15.7. The highest BCUT2D eigenvalue weighted by Crippen LogP contribution is 2.53. The van der Waals surface area contributed by atoms with E-state index < -0.39 is 16.1 Å². The minimum atomic E-state index is -1.54. The molecule has 0 atom stereocenters. The van der Waals surface area contributed by atoms with Gasteiger partial charge in [0, 0.05) is 33.5 Å². The minimum Gasteiger partial charge on any atom is -0.310 e. The van der Waals surface area contributed by atoms with E-state index in [4.69, 9.17) is 0 Å². The summed E-state index contributed by atoms with van der Waals surface area (Å²) < 4.78 is 0. The molecule has 8 aromatic carbocycles. The summed E-state index contributed by atoms with van der Waals surface area (Å²) in [5.74, 6) is 0.961. The topological polar surface area (TPSA) is 54.1 Å². The molecule has 0 amide bonds. The third kappa shape index (κ3) is 7.47. The maximum absolute atomic E-state index is 9.87. The first-order valence-corrected chi connectivity index (χ1v) is 30.5. The van der Waals surface area contributed by atoms with Gasteiger partial charge in [0.15, 0.2) is 0 Å². The monoisotopic (exact) mass is 866 g/mol. The third-order valence-electron chi connectivity index (χ3n) is 14.5. The normalized spacial score (nSPS) is 15.0. The van der Waals surface area contributed by atoms with Crippen LogP contribution in [0.4, 0.5) is 34.1 Å². The van der Waals surface area contributed by atoms with Crippen LogP contribution in [-0.4, -0.2) is 16.1 Å². The number of benzene rings is 8. The summed E-state index contributed by atoms with van der Waals surface area (Å²) in [5, 5.41) is 30.5. The van der Waals surface area contributed by atoms with Gasteiger partial charge in [-0.1, -0.05) is 124 Å². The zero-order valence-corrected chi connectivity index (χ0v) is 40.3. The number of rotatable bonds is 10. The van der Waals surface area contributed by atoms with Gasteiger partial charge in [-0.3, -0.25) is 0 Å². The highest BCUT2D eigenvalue weighted by atomic mass is 28.3. The molecule has 64 heavy (non-hydrogen) atoms. The number of hydrogen-bond donors (Lipinski definition) is 0. The molecule has 318 valence electrons. The Bertz CT molecular complexity index is 2860. The van der Waals surface area contributed by atoms with E-state index in [2.05, 4.69) is 170 Å². The van der Waals surface area contributed by atoms with E-state index in [1.54, 1.807) is 0 Å². The summed E-state index contributed by atoms with van der Waals surface area (Å²) in [6.45, 7) is 14.5. The molecule has 0 aliphatic heterocycles. The molecule has 2 saturated carbocycles. The Morgan fingerprint density at radius 3 is 1.00 bits per heavy atom. The van der Waals surface area contributed by atoms with Crippen LogP contribution in [0.2, 0.25) is 39.3 Å². The second-order valence-corrected chi connectivity index (χ2v) is 30.7. The lowest BCUT2D eigenvalue weighted by molar-refractivity contribution is 0.729. The molecule has 0 heterocycles. The van der Waals surface area contributed by atoms with Crippen molar-refractivity contribution in [3.05, 3.63) is 156 Å². The average Bonchev–Trinajstić information content (AvgIpc) is 4.06. The number of anilines is 6. The summed E-state index contributed by atoms with van der Waals surface area (Å²) in [4.78, 5) is 4.92. The van der Waals surface area contributed by atoms with Crippen molar-refractivity contribution in [2.45, 2.75) is 102 Å². The fourth-order valence-electron chi connectivity index (χ4n) is 11.0. The number of hydrogen-bond acceptors (Lipinski definition) is 4. The van der Waals surface area contributed by atoms with Crippen molar-refractivity contribution >= 4 is 93.0 Å². The molecular formula is C58H58N4Si2. The molecule has 0 saturated heterocycles. The first-order chi connectivity index (χ1) is 30.9.